The van der Waals surface area contributed by atoms with Crippen molar-refractivity contribution in [3.05, 3.63) is 82.5 Å². The van der Waals surface area contributed by atoms with Gasteiger partial charge < -0.3 is 9.80 Å². The van der Waals surface area contributed by atoms with E-state index in [-0.39, 0.29) is 23.8 Å². The molecule has 6 nitrogen and oxygen atoms in total. The number of aryl methyl sites for hydroxylation is 1. The van der Waals surface area contributed by atoms with Crippen molar-refractivity contribution in [1.29, 1.82) is 0 Å². The maximum atomic E-state index is 13.2. The number of rotatable bonds is 5. The van der Waals surface area contributed by atoms with Crippen LogP contribution in [0.15, 0.2) is 65.5 Å². The van der Waals surface area contributed by atoms with Gasteiger partial charge in [0.25, 0.3) is 5.56 Å². The summed E-state index contributed by atoms with van der Waals surface area (Å²) in [6.07, 6.45) is 0.648. The molecule has 1 saturated heterocycles. The molecule has 1 aliphatic heterocycles. The lowest BCUT2D eigenvalue weighted by Gasteiger charge is -2.36. The van der Waals surface area contributed by atoms with Crippen molar-refractivity contribution in [1.82, 2.24) is 14.5 Å². The summed E-state index contributed by atoms with van der Waals surface area (Å²) < 4.78 is 14.6. The van der Waals surface area contributed by atoms with Gasteiger partial charge in [-0.25, -0.2) is 9.37 Å². The van der Waals surface area contributed by atoms with Crippen LogP contribution in [0.2, 0.25) is 0 Å². The number of nitrogens with zero attached hydrogens (tertiary/aromatic N) is 4. The first-order valence-corrected chi connectivity index (χ1v) is 10.5. The zero-order valence-corrected chi connectivity index (χ0v) is 17.5. The van der Waals surface area contributed by atoms with E-state index in [0.29, 0.717) is 44.1 Å². The van der Waals surface area contributed by atoms with Gasteiger partial charge in [0.05, 0.1) is 0 Å². The van der Waals surface area contributed by atoms with E-state index in [4.69, 9.17) is 0 Å². The number of anilines is 1. The topological polar surface area (TPSA) is 58.4 Å². The van der Waals surface area contributed by atoms with Crippen LogP contribution < -0.4 is 10.5 Å². The van der Waals surface area contributed by atoms with Crippen molar-refractivity contribution in [2.24, 2.45) is 0 Å². The Morgan fingerprint density at radius 3 is 2.32 bits per heavy atom. The van der Waals surface area contributed by atoms with E-state index in [0.717, 1.165) is 11.3 Å². The number of carbonyl (C=O) groups excluding carboxylic acids is 1. The molecule has 2 aromatic carbocycles. The van der Waals surface area contributed by atoms with Crippen LogP contribution in [0.4, 0.5) is 10.1 Å². The van der Waals surface area contributed by atoms with Gasteiger partial charge in [0.1, 0.15) is 18.2 Å². The summed E-state index contributed by atoms with van der Waals surface area (Å²) in [5.74, 6) is 0.146. The Hall–Kier alpha value is -3.48. The van der Waals surface area contributed by atoms with Crippen molar-refractivity contribution in [3.63, 3.8) is 0 Å². The molecule has 0 bridgehead atoms. The molecular formula is C24H25FN4O2. The Kier molecular flexibility index (Phi) is 6.11. The molecule has 0 radical (unpaired) electrons. The van der Waals surface area contributed by atoms with E-state index in [1.807, 2.05) is 37.3 Å². The van der Waals surface area contributed by atoms with Gasteiger partial charge in [-0.15, -0.1) is 0 Å². The summed E-state index contributed by atoms with van der Waals surface area (Å²) in [6, 6.07) is 17.4. The molecule has 0 atom stereocenters. The van der Waals surface area contributed by atoms with Crippen molar-refractivity contribution < 1.29 is 9.18 Å². The minimum absolute atomic E-state index is 0.0450. The molecule has 0 spiro atoms. The molecular weight excluding hydrogens is 395 g/mol. The third kappa shape index (κ3) is 4.66. The largest absolute Gasteiger partial charge is 0.368 e. The molecule has 0 saturated carbocycles. The number of hydrogen-bond donors (Lipinski definition) is 0. The summed E-state index contributed by atoms with van der Waals surface area (Å²) in [5.41, 5.74) is 2.24. The maximum absolute atomic E-state index is 13.2. The zero-order chi connectivity index (χ0) is 21.8. The van der Waals surface area contributed by atoms with E-state index in [2.05, 4.69) is 9.88 Å². The quantitative estimate of drug-likeness (QED) is 0.637. The molecule has 31 heavy (non-hydrogen) atoms. The Bertz CT molecular complexity index is 1100. The van der Waals surface area contributed by atoms with Gasteiger partial charge in [-0.05, 0) is 30.7 Å². The van der Waals surface area contributed by atoms with Gasteiger partial charge in [0, 0.05) is 49.2 Å². The van der Waals surface area contributed by atoms with Gasteiger partial charge in [-0.3, -0.25) is 14.2 Å². The number of benzene rings is 2. The van der Waals surface area contributed by atoms with E-state index in [1.165, 1.54) is 22.8 Å². The molecule has 0 unspecified atom stereocenters. The van der Waals surface area contributed by atoms with Crippen LogP contribution in [0.5, 0.6) is 0 Å². The van der Waals surface area contributed by atoms with Crippen LogP contribution in [0.25, 0.3) is 11.4 Å². The fourth-order valence-electron chi connectivity index (χ4n) is 3.80. The predicted molar refractivity (Wildman–Crippen MR) is 119 cm³/mol. The number of aromatic nitrogens is 2. The standard InChI is InChI=1S/C24H25FN4O2/c1-2-20-16-22(30)29(24(26-20)18-6-4-3-5-7-18)17-23(31)28-14-12-27(13-15-28)21-10-8-19(25)9-11-21/h3-11,16H,2,12-15,17H2,1H3. The van der Waals surface area contributed by atoms with Crippen LogP contribution in [-0.4, -0.2) is 46.5 Å². The van der Waals surface area contributed by atoms with Crippen LogP contribution in [0, 0.1) is 5.82 Å². The second-order valence-electron chi connectivity index (χ2n) is 7.56. The monoisotopic (exact) mass is 420 g/mol. The smallest absolute Gasteiger partial charge is 0.254 e. The Labute approximate surface area is 180 Å². The van der Waals surface area contributed by atoms with Gasteiger partial charge in [0.15, 0.2) is 0 Å². The van der Waals surface area contributed by atoms with E-state index < -0.39 is 0 Å². The third-order valence-electron chi connectivity index (χ3n) is 5.57. The molecule has 0 aliphatic carbocycles. The highest BCUT2D eigenvalue weighted by Gasteiger charge is 2.23. The minimum Gasteiger partial charge on any atom is -0.368 e. The van der Waals surface area contributed by atoms with Crippen LogP contribution in [0.1, 0.15) is 12.6 Å². The van der Waals surface area contributed by atoms with Gasteiger partial charge in [-0.1, -0.05) is 37.3 Å². The third-order valence-corrected chi connectivity index (χ3v) is 5.57. The molecule has 2 heterocycles. The number of carbonyl (C=O) groups is 1. The van der Waals surface area contributed by atoms with Crippen molar-refractivity contribution in [2.45, 2.75) is 19.9 Å². The average Bonchev–Trinajstić information content (AvgIpc) is 2.81. The second kappa shape index (κ2) is 9.12. The Morgan fingerprint density at radius 1 is 1.00 bits per heavy atom. The molecule has 1 aromatic heterocycles. The zero-order valence-electron chi connectivity index (χ0n) is 17.5. The lowest BCUT2D eigenvalue weighted by Crippen LogP contribution is -2.50. The summed E-state index contributed by atoms with van der Waals surface area (Å²) in [7, 11) is 0. The molecule has 160 valence electrons. The SMILES string of the molecule is CCc1cc(=O)n(CC(=O)N2CCN(c3ccc(F)cc3)CC2)c(-c2ccccc2)n1. The number of amides is 1. The molecule has 4 rings (SSSR count). The van der Waals surface area contributed by atoms with Gasteiger partial charge in [-0.2, -0.15) is 0 Å². The molecule has 1 aliphatic rings. The fraction of sp³-hybridized carbons (Fsp3) is 0.292. The first kappa shape index (κ1) is 20.8. The lowest BCUT2D eigenvalue weighted by atomic mass is 10.2. The maximum Gasteiger partial charge on any atom is 0.254 e. The van der Waals surface area contributed by atoms with Crippen molar-refractivity contribution in [2.75, 3.05) is 31.1 Å². The Morgan fingerprint density at radius 2 is 1.68 bits per heavy atom. The summed E-state index contributed by atoms with van der Waals surface area (Å²) in [6.45, 7) is 4.32. The average molecular weight is 420 g/mol. The summed E-state index contributed by atoms with van der Waals surface area (Å²) >= 11 is 0. The highest BCUT2D eigenvalue weighted by molar-refractivity contribution is 5.77. The van der Waals surface area contributed by atoms with Crippen molar-refractivity contribution >= 4 is 11.6 Å². The Balaban J connectivity index is 1.50. The van der Waals surface area contributed by atoms with Gasteiger partial charge >= 0.3 is 0 Å². The molecule has 3 aromatic rings. The van der Waals surface area contributed by atoms with E-state index in [1.54, 1.807) is 17.0 Å². The van der Waals surface area contributed by atoms with Crippen LogP contribution in [-0.2, 0) is 17.8 Å². The first-order chi connectivity index (χ1) is 15.0. The minimum atomic E-state index is -0.264. The second-order valence-corrected chi connectivity index (χ2v) is 7.56. The number of halogens is 1. The molecule has 7 heteroatoms. The highest BCUT2D eigenvalue weighted by Crippen LogP contribution is 2.19. The highest BCUT2D eigenvalue weighted by atomic mass is 19.1. The van der Waals surface area contributed by atoms with Crippen molar-refractivity contribution in [3.8, 4) is 11.4 Å². The fourth-order valence-corrected chi connectivity index (χ4v) is 3.80. The number of hydrogen-bond acceptors (Lipinski definition) is 4. The van der Waals surface area contributed by atoms with Crippen LogP contribution >= 0.6 is 0 Å². The predicted octanol–water partition coefficient (Wildman–Crippen LogP) is 2.96. The summed E-state index contributed by atoms with van der Waals surface area (Å²) in [5, 5.41) is 0. The first-order valence-electron chi connectivity index (χ1n) is 10.5. The van der Waals surface area contributed by atoms with Crippen LogP contribution in [0.3, 0.4) is 0 Å². The number of piperazine rings is 1. The normalized spacial score (nSPS) is 14.0. The van der Waals surface area contributed by atoms with E-state index >= 15 is 0 Å². The molecule has 1 amide bonds. The molecule has 1 fully saturated rings. The molecule has 0 N–H and O–H groups in total. The van der Waals surface area contributed by atoms with E-state index in [9.17, 15) is 14.0 Å². The lowest BCUT2D eigenvalue weighted by molar-refractivity contribution is -0.132. The summed E-state index contributed by atoms with van der Waals surface area (Å²) in [4.78, 5) is 34.3. The van der Waals surface area contributed by atoms with Gasteiger partial charge in [0.2, 0.25) is 5.91 Å².